The van der Waals surface area contributed by atoms with Gasteiger partial charge in [-0.05, 0) is 62.7 Å². The zero-order valence-corrected chi connectivity index (χ0v) is 18.9. The van der Waals surface area contributed by atoms with Crippen LogP contribution in [0.3, 0.4) is 0 Å². The highest BCUT2D eigenvalue weighted by molar-refractivity contribution is 5.89. The summed E-state index contributed by atoms with van der Waals surface area (Å²) in [5.41, 5.74) is 1.52. The van der Waals surface area contributed by atoms with Crippen LogP contribution >= 0.6 is 0 Å². The van der Waals surface area contributed by atoms with Crippen LogP contribution in [0.5, 0.6) is 0 Å². The van der Waals surface area contributed by atoms with E-state index in [-0.39, 0.29) is 40.6 Å². The Balaban J connectivity index is 1.68. The van der Waals surface area contributed by atoms with Gasteiger partial charge in [0.15, 0.2) is 11.4 Å². The number of ketones is 1. The maximum Gasteiger partial charge on any atom is 0.303 e. The van der Waals surface area contributed by atoms with Crippen molar-refractivity contribution in [2.24, 2.45) is 22.7 Å². The zero-order valence-electron chi connectivity index (χ0n) is 18.9. The predicted octanol–water partition coefficient (Wildman–Crippen LogP) is 4.69. The van der Waals surface area contributed by atoms with Crippen molar-refractivity contribution in [3.05, 3.63) is 23.3 Å². The van der Waals surface area contributed by atoms with E-state index in [9.17, 15) is 14.4 Å². The van der Waals surface area contributed by atoms with Gasteiger partial charge in [0, 0.05) is 25.7 Å². The minimum atomic E-state index is -1.01. The second kappa shape index (κ2) is 7.06. The molecule has 0 radical (unpaired) electrons. The molecule has 0 aromatic carbocycles. The first-order chi connectivity index (χ1) is 14.0. The molecule has 0 spiro atoms. The van der Waals surface area contributed by atoms with Gasteiger partial charge < -0.3 is 9.47 Å². The highest BCUT2D eigenvalue weighted by Crippen LogP contribution is 2.66. The topological polar surface area (TPSA) is 69.7 Å². The predicted molar refractivity (Wildman–Crippen MR) is 112 cm³/mol. The molecule has 4 rings (SSSR count). The van der Waals surface area contributed by atoms with Crippen molar-refractivity contribution >= 4 is 17.7 Å². The van der Waals surface area contributed by atoms with Crippen molar-refractivity contribution in [2.45, 2.75) is 91.3 Å². The smallest absolute Gasteiger partial charge is 0.303 e. The first kappa shape index (κ1) is 21.3. The maximum absolute atomic E-state index is 12.8. The largest absolute Gasteiger partial charge is 0.462 e. The van der Waals surface area contributed by atoms with Crippen LogP contribution in [0, 0.1) is 22.7 Å². The van der Waals surface area contributed by atoms with Gasteiger partial charge in [0.1, 0.15) is 6.10 Å². The van der Waals surface area contributed by atoms with Crippen LogP contribution in [-0.4, -0.2) is 29.4 Å². The summed E-state index contributed by atoms with van der Waals surface area (Å²) in [7, 11) is 0. The van der Waals surface area contributed by atoms with Crippen molar-refractivity contribution < 1.29 is 23.9 Å². The second-order valence-electron chi connectivity index (χ2n) is 10.3. The van der Waals surface area contributed by atoms with Gasteiger partial charge in [-0.1, -0.05) is 37.1 Å². The van der Waals surface area contributed by atoms with Crippen molar-refractivity contribution in [1.82, 2.24) is 0 Å². The molecule has 4 aliphatic rings. The van der Waals surface area contributed by atoms with Gasteiger partial charge in [-0.15, -0.1) is 0 Å². The van der Waals surface area contributed by atoms with Crippen molar-refractivity contribution in [2.75, 3.05) is 0 Å². The Hall–Kier alpha value is -1.91. The van der Waals surface area contributed by atoms with Crippen LogP contribution in [0.1, 0.15) is 79.6 Å². The molecule has 5 nitrogen and oxygen atoms in total. The molecular weight excluding hydrogens is 380 g/mol. The Kier molecular flexibility index (Phi) is 5.02. The van der Waals surface area contributed by atoms with Crippen LogP contribution < -0.4 is 0 Å². The summed E-state index contributed by atoms with van der Waals surface area (Å²) in [6.07, 6.45) is 10.5. The third-order valence-electron chi connectivity index (χ3n) is 8.87. The fourth-order valence-corrected chi connectivity index (χ4v) is 7.37. The summed E-state index contributed by atoms with van der Waals surface area (Å²) in [6, 6.07) is 0. The normalized spacial score (nSPS) is 42.1. The van der Waals surface area contributed by atoms with Gasteiger partial charge in [0.25, 0.3) is 0 Å². The van der Waals surface area contributed by atoms with E-state index in [1.807, 2.05) is 0 Å². The summed E-state index contributed by atoms with van der Waals surface area (Å²) >= 11 is 0. The van der Waals surface area contributed by atoms with Crippen molar-refractivity contribution in [3.8, 4) is 0 Å². The number of allylic oxidation sites excluding steroid dienone is 3. The average Bonchev–Trinajstić information content (AvgIpc) is 2.94. The van der Waals surface area contributed by atoms with Crippen LogP contribution in [0.2, 0.25) is 0 Å². The number of Topliss-reactive ketones (excluding diaryl/α,β-unsaturated/α-hetero) is 1. The number of ether oxygens (including phenoxy) is 2. The number of hydrogen-bond acceptors (Lipinski definition) is 5. The molecule has 0 aromatic heterocycles. The van der Waals surface area contributed by atoms with Crippen molar-refractivity contribution in [3.63, 3.8) is 0 Å². The first-order valence-corrected chi connectivity index (χ1v) is 11.3. The van der Waals surface area contributed by atoms with Gasteiger partial charge in [0.05, 0.1) is 0 Å². The Bertz CT molecular complexity index is 854. The number of esters is 2. The molecule has 0 amide bonds. The lowest BCUT2D eigenvalue weighted by Gasteiger charge is -2.56. The lowest BCUT2D eigenvalue weighted by atomic mass is 9.49. The van der Waals surface area contributed by atoms with E-state index in [0.717, 1.165) is 38.5 Å². The van der Waals surface area contributed by atoms with Gasteiger partial charge in [-0.3, -0.25) is 14.4 Å². The van der Waals surface area contributed by atoms with E-state index in [2.05, 4.69) is 26.0 Å². The Morgan fingerprint density at radius 3 is 2.23 bits per heavy atom. The molecule has 30 heavy (non-hydrogen) atoms. The number of fused-ring (bicyclic) bond motifs is 5. The number of rotatable bonds is 3. The Labute approximate surface area is 179 Å². The molecule has 4 aliphatic carbocycles. The summed E-state index contributed by atoms with van der Waals surface area (Å²) in [6.45, 7) is 8.99. The maximum atomic E-state index is 12.8. The SMILES string of the molecule is CC(=O)O[C@H]1CC[C@@]2(C)C(=CC=C3[C@@H]2CC[C@@]2(C)[C@H]3CC[C@@]2(OC(C)=O)C(C)=O)C1. The van der Waals surface area contributed by atoms with Crippen LogP contribution in [0.4, 0.5) is 0 Å². The van der Waals surface area contributed by atoms with E-state index in [4.69, 9.17) is 9.47 Å². The molecule has 5 heteroatoms. The van der Waals surface area contributed by atoms with Gasteiger partial charge in [-0.25, -0.2) is 0 Å². The third kappa shape index (κ3) is 2.91. The Morgan fingerprint density at radius 2 is 1.60 bits per heavy atom. The number of carbonyl (C=O) groups is 3. The minimum Gasteiger partial charge on any atom is -0.462 e. The molecule has 0 aliphatic heterocycles. The molecule has 6 atom stereocenters. The van der Waals surface area contributed by atoms with E-state index in [1.165, 1.54) is 25.0 Å². The fourth-order valence-electron chi connectivity index (χ4n) is 7.37. The van der Waals surface area contributed by atoms with Crippen LogP contribution in [-0.2, 0) is 23.9 Å². The number of carbonyl (C=O) groups excluding carboxylic acids is 3. The van der Waals surface area contributed by atoms with Gasteiger partial charge >= 0.3 is 11.9 Å². The monoisotopic (exact) mass is 414 g/mol. The molecule has 3 saturated carbocycles. The summed E-state index contributed by atoms with van der Waals surface area (Å²) in [4.78, 5) is 36.1. The zero-order chi connectivity index (χ0) is 21.9. The molecule has 3 fully saturated rings. The summed E-state index contributed by atoms with van der Waals surface area (Å²) in [5, 5.41) is 0. The molecule has 0 bridgehead atoms. The highest BCUT2D eigenvalue weighted by Gasteiger charge is 2.66. The minimum absolute atomic E-state index is 0.0218. The Morgan fingerprint density at radius 1 is 0.900 bits per heavy atom. The lowest BCUT2D eigenvalue weighted by Crippen LogP contribution is -2.56. The molecule has 0 heterocycles. The standard InChI is InChI=1S/C25H34O5/c1-15(26)25(30-17(3)28)13-10-22-20-7-6-18-14-19(29-16(2)27)8-11-23(18,4)21(20)9-12-24(22,25)5/h6-7,19,21-22H,8-14H2,1-5H3/t19-,21-,22-,23-,24-,25+/m0/s1. The van der Waals surface area contributed by atoms with E-state index >= 15 is 0 Å². The van der Waals surface area contributed by atoms with E-state index < -0.39 is 5.60 Å². The second-order valence-corrected chi connectivity index (χ2v) is 10.3. The lowest BCUT2D eigenvalue weighted by molar-refractivity contribution is -0.181. The van der Waals surface area contributed by atoms with Crippen LogP contribution in [0.15, 0.2) is 23.3 Å². The molecule has 0 saturated heterocycles. The van der Waals surface area contributed by atoms with Gasteiger partial charge in [0.2, 0.25) is 0 Å². The first-order valence-electron chi connectivity index (χ1n) is 11.3. The van der Waals surface area contributed by atoms with Gasteiger partial charge in [-0.2, -0.15) is 0 Å². The quantitative estimate of drug-likeness (QED) is 0.627. The van der Waals surface area contributed by atoms with Crippen molar-refractivity contribution in [1.29, 1.82) is 0 Å². The van der Waals surface area contributed by atoms with E-state index in [0.29, 0.717) is 12.3 Å². The molecular formula is C25H34O5. The third-order valence-corrected chi connectivity index (χ3v) is 8.87. The fraction of sp³-hybridized carbons (Fsp3) is 0.720. The number of hydrogen-bond donors (Lipinski definition) is 0. The average molecular weight is 415 g/mol. The highest BCUT2D eigenvalue weighted by atomic mass is 16.6. The summed E-state index contributed by atoms with van der Waals surface area (Å²) in [5.74, 6) is 0.0857. The molecule has 0 aromatic rings. The summed E-state index contributed by atoms with van der Waals surface area (Å²) < 4.78 is 11.3. The van der Waals surface area contributed by atoms with Crippen LogP contribution in [0.25, 0.3) is 0 Å². The molecule has 164 valence electrons. The molecule has 0 unspecified atom stereocenters. The molecule has 0 N–H and O–H groups in total. The van der Waals surface area contributed by atoms with E-state index in [1.54, 1.807) is 6.92 Å².